The van der Waals surface area contributed by atoms with Gasteiger partial charge in [0.1, 0.15) is 12.2 Å². The Morgan fingerprint density at radius 2 is 2.24 bits per heavy atom. The van der Waals surface area contributed by atoms with Crippen molar-refractivity contribution in [1.29, 1.82) is 0 Å². The third-order valence-electron chi connectivity index (χ3n) is 2.21. The average Bonchev–Trinajstić information content (AvgIpc) is 2.66. The molecule has 0 N–H and O–H groups in total. The zero-order valence-electron chi connectivity index (χ0n) is 8.90. The average molecular weight is 263 g/mol. The van der Waals surface area contributed by atoms with Crippen LogP contribution in [0.4, 0.5) is 8.78 Å². The molecule has 0 atom stereocenters. The van der Waals surface area contributed by atoms with E-state index in [1.54, 1.807) is 0 Å². The van der Waals surface area contributed by atoms with Crippen molar-refractivity contribution < 1.29 is 13.5 Å². The van der Waals surface area contributed by atoms with E-state index >= 15 is 0 Å². The summed E-state index contributed by atoms with van der Waals surface area (Å²) in [6, 6.07) is 0. The molecule has 92 valence electrons. The number of ether oxygens (including phenoxy) is 1. The topological polar surface area (TPSA) is 52.8 Å². The van der Waals surface area contributed by atoms with E-state index in [-0.39, 0.29) is 11.8 Å². The Labute approximate surface area is 100 Å². The fourth-order valence-electron chi connectivity index (χ4n) is 1.54. The number of alkyl halides is 3. The van der Waals surface area contributed by atoms with Crippen LogP contribution in [0.5, 0.6) is 5.88 Å². The Balaban J connectivity index is 2.63. The molecule has 0 bridgehead atoms. The van der Waals surface area contributed by atoms with E-state index in [0.717, 1.165) is 0 Å². The largest absolute Gasteiger partial charge is 0.479 e. The second-order valence-electron chi connectivity index (χ2n) is 3.22. The zero-order chi connectivity index (χ0) is 12.4. The first-order chi connectivity index (χ1) is 8.17. The summed E-state index contributed by atoms with van der Waals surface area (Å²) in [7, 11) is 1.42. The first kappa shape index (κ1) is 12.0. The van der Waals surface area contributed by atoms with Gasteiger partial charge in [-0.2, -0.15) is 4.98 Å². The quantitative estimate of drug-likeness (QED) is 0.789. The summed E-state index contributed by atoms with van der Waals surface area (Å²) >= 11 is 5.67. The van der Waals surface area contributed by atoms with Gasteiger partial charge in [0.2, 0.25) is 5.88 Å². The molecule has 5 nitrogen and oxygen atoms in total. The molecule has 0 radical (unpaired) electrons. The van der Waals surface area contributed by atoms with Gasteiger partial charge in [-0.15, -0.1) is 11.6 Å². The minimum Gasteiger partial charge on any atom is -0.479 e. The minimum atomic E-state index is -2.50. The Morgan fingerprint density at radius 3 is 2.82 bits per heavy atom. The third-order valence-corrected chi connectivity index (χ3v) is 2.45. The molecule has 2 aromatic heterocycles. The number of hydrogen-bond acceptors (Lipinski definition) is 4. The Bertz CT molecular complexity index is 531. The van der Waals surface area contributed by atoms with Gasteiger partial charge in [0.25, 0.3) is 6.43 Å². The zero-order valence-corrected chi connectivity index (χ0v) is 9.66. The van der Waals surface area contributed by atoms with Gasteiger partial charge in [0, 0.05) is 0 Å². The van der Waals surface area contributed by atoms with Crippen LogP contribution in [0.25, 0.3) is 11.2 Å². The van der Waals surface area contributed by atoms with Crippen molar-refractivity contribution in [2.45, 2.75) is 18.9 Å². The van der Waals surface area contributed by atoms with Crippen LogP contribution in [0, 0.1) is 0 Å². The van der Waals surface area contributed by atoms with Crippen molar-refractivity contribution in [2.24, 2.45) is 0 Å². The maximum absolute atomic E-state index is 12.5. The number of hydrogen-bond donors (Lipinski definition) is 0. The normalized spacial score (nSPS) is 11.4. The van der Waals surface area contributed by atoms with Crippen LogP contribution >= 0.6 is 11.6 Å². The number of fused-ring (bicyclic) bond motifs is 1. The number of halogens is 3. The minimum absolute atomic E-state index is 0.0201. The summed E-state index contributed by atoms with van der Waals surface area (Å²) in [4.78, 5) is 11.9. The van der Waals surface area contributed by atoms with E-state index in [1.807, 2.05) is 0 Å². The molecule has 0 spiro atoms. The SMILES string of the molecule is COc1ncnc2c1nc(CCl)n2CC(F)F. The number of nitrogens with zero attached hydrogens (tertiary/aromatic N) is 4. The van der Waals surface area contributed by atoms with Crippen LogP contribution in [0.2, 0.25) is 0 Å². The molecule has 0 aliphatic carbocycles. The summed E-state index contributed by atoms with van der Waals surface area (Å²) in [6.07, 6.45) is -1.27. The van der Waals surface area contributed by atoms with E-state index in [9.17, 15) is 8.78 Å². The molecule has 0 fully saturated rings. The molecule has 2 aromatic rings. The molecule has 0 aliphatic heterocycles. The predicted octanol–water partition coefficient (Wildman–Crippen LogP) is 1.84. The Morgan fingerprint density at radius 1 is 1.47 bits per heavy atom. The van der Waals surface area contributed by atoms with Gasteiger partial charge >= 0.3 is 0 Å². The molecule has 0 aliphatic rings. The van der Waals surface area contributed by atoms with Gasteiger partial charge in [-0.1, -0.05) is 0 Å². The third kappa shape index (κ3) is 2.14. The first-order valence-electron chi connectivity index (χ1n) is 4.75. The van der Waals surface area contributed by atoms with E-state index in [1.165, 1.54) is 18.0 Å². The molecule has 0 aromatic carbocycles. The highest BCUT2D eigenvalue weighted by molar-refractivity contribution is 6.16. The summed E-state index contributed by atoms with van der Waals surface area (Å²) in [5.41, 5.74) is 0.638. The monoisotopic (exact) mass is 262 g/mol. The molecular weight excluding hydrogens is 254 g/mol. The van der Waals surface area contributed by atoms with Crippen LogP contribution in [-0.2, 0) is 12.4 Å². The van der Waals surface area contributed by atoms with Crippen LogP contribution in [0.1, 0.15) is 5.82 Å². The van der Waals surface area contributed by atoms with Crippen molar-refractivity contribution in [1.82, 2.24) is 19.5 Å². The number of rotatable bonds is 4. The van der Waals surface area contributed by atoms with Crippen LogP contribution < -0.4 is 4.74 Å². The summed E-state index contributed by atoms with van der Waals surface area (Å²) in [6.45, 7) is -0.501. The van der Waals surface area contributed by atoms with Crippen molar-refractivity contribution >= 4 is 22.8 Å². The summed E-state index contributed by atoms with van der Waals surface area (Å²) in [5, 5.41) is 0. The summed E-state index contributed by atoms with van der Waals surface area (Å²) in [5.74, 6) is 0.585. The molecule has 0 saturated carbocycles. The molecule has 0 unspecified atom stereocenters. The second kappa shape index (κ2) is 4.79. The first-order valence-corrected chi connectivity index (χ1v) is 5.29. The Hall–Kier alpha value is -1.50. The maximum atomic E-state index is 12.5. The van der Waals surface area contributed by atoms with Crippen molar-refractivity contribution in [3.05, 3.63) is 12.2 Å². The van der Waals surface area contributed by atoms with Gasteiger partial charge in [0.05, 0.1) is 19.5 Å². The van der Waals surface area contributed by atoms with Gasteiger partial charge in [-0.3, -0.25) is 0 Å². The number of imidazole rings is 1. The number of aromatic nitrogens is 4. The molecule has 2 heterocycles. The lowest BCUT2D eigenvalue weighted by Crippen LogP contribution is -2.10. The van der Waals surface area contributed by atoms with Crippen LogP contribution in [0.15, 0.2) is 6.33 Å². The fourth-order valence-corrected chi connectivity index (χ4v) is 1.75. The van der Waals surface area contributed by atoms with Crippen molar-refractivity contribution in [3.8, 4) is 5.88 Å². The van der Waals surface area contributed by atoms with E-state index in [4.69, 9.17) is 16.3 Å². The standard InChI is InChI=1S/C9H9ClF2N4O/c1-17-9-7-8(13-4-14-9)16(3-5(11)12)6(2-10)15-7/h4-5H,2-3H2,1H3. The highest BCUT2D eigenvalue weighted by Crippen LogP contribution is 2.23. The highest BCUT2D eigenvalue weighted by Gasteiger charge is 2.18. The molecule has 2 rings (SSSR count). The molecule has 0 saturated heterocycles. The molecule has 17 heavy (non-hydrogen) atoms. The lowest BCUT2D eigenvalue weighted by atomic mass is 10.5. The Kier molecular flexibility index (Phi) is 3.37. The van der Waals surface area contributed by atoms with E-state index in [2.05, 4.69) is 15.0 Å². The van der Waals surface area contributed by atoms with E-state index in [0.29, 0.717) is 17.0 Å². The van der Waals surface area contributed by atoms with Gasteiger partial charge in [0.15, 0.2) is 11.2 Å². The van der Waals surface area contributed by atoms with Gasteiger partial charge in [-0.25, -0.2) is 18.7 Å². The maximum Gasteiger partial charge on any atom is 0.256 e. The number of methoxy groups -OCH3 is 1. The van der Waals surface area contributed by atoms with Gasteiger partial charge < -0.3 is 9.30 Å². The lowest BCUT2D eigenvalue weighted by Gasteiger charge is -2.05. The molecule has 8 heteroatoms. The molecular formula is C9H9ClF2N4O. The smallest absolute Gasteiger partial charge is 0.256 e. The van der Waals surface area contributed by atoms with E-state index < -0.39 is 13.0 Å². The van der Waals surface area contributed by atoms with Crippen LogP contribution in [0.3, 0.4) is 0 Å². The fraction of sp³-hybridized carbons (Fsp3) is 0.444. The predicted molar refractivity (Wildman–Crippen MR) is 57.4 cm³/mol. The highest BCUT2D eigenvalue weighted by atomic mass is 35.5. The second-order valence-corrected chi connectivity index (χ2v) is 3.49. The van der Waals surface area contributed by atoms with Gasteiger partial charge in [-0.05, 0) is 0 Å². The lowest BCUT2D eigenvalue weighted by molar-refractivity contribution is 0.127. The molecule has 0 amide bonds. The van der Waals surface area contributed by atoms with Crippen molar-refractivity contribution in [2.75, 3.05) is 7.11 Å². The summed E-state index contributed by atoms with van der Waals surface area (Å²) < 4.78 is 31.2. The van der Waals surface area contributed by atoms with Crippen molar-refractivity contribution in [3.63, 3.8) is 0 Å². The van der Waals surface area contributed by atoms with Crippen LogP contribution in [-0.4, -0.2) is 33.1 Å².